The van der Waals surface area contributed by atoms with E-state index in [0.717, 1.165) is 19.3 Å². The molecule has 3 aliphatic rings. The second-order valence-corrected chi connectivity index (χ2v) is 8.00. The van der Waals surface area contributed by atoms with Gasteiger partial charge in [0.2, 0.25) is 0 Å². The van der Waals surface area contributed by atoms with E-state index >= 15 is 0 Å². The number of hydrogen-bond acceptors (Lipinski definition) is 2. The van der Waals surface area contributed by atoms with Crippen molar-refractivity contribution in [1.29, 1.82) is 0 Å². The Morgan fingerprint density at radius 3 is 2.81 bits per heavy atom. The summed E-state index contributed by atoms with van der Waals surface area (Å²) in [5.74, 6) is 3.03. The summed E-state index contributed by atoms with van der Waals surface area (Å²) in [4.78, 5) is 0. The second-order valence-electron chi connectivity index (χ2n) is 8.00. The Labute approximate surface area is 127 Å². The smallest absolute Gasteiger partial charge is 0.115 e. The van der Waals surface area contributed by atoms with Crippen molar-refractivity contribution >= 4 is 0 Å². The molecular formula is C19H26O2. The van der Waals surface area contributed by atoms with Gasteiger partial charge in [0.25, 0.3) is 0 Å². The standard InChI is InChI=1S/C19H26O2/c1-11-10-19(2)16(7-8-17(19)21)15-5-3-12-9-13(20)4-6-14(12)18(11)15/h4,6,9,11,15-18,20-21H,3,5,7-8,10H2,1-2H3/t11-,15?,16?,17?,18?,19-/m0/s1. The Kier molecular flexibility index (Phi) is 2.91. The van der Waals surface area contributed by atoms with Gasteiger partial charge in [-0.15, -0.1) is 0 Å². The van der Waals surface area contributed by atoms with E-state index in [1.165, 1.54) is 24.0 Å². The average Bonchev–Trinajstić information content (AvgIpc) is 2.74. The molecule has 1 aromatic carbocycles. The van der Waals surface area contributed by atoms with E-state index in [-0.39, 0.29) is 11.5 Å². The van der Waals surface area contributed by atoms with Crippen LogP contribution in [0.5, 0.6) is 5.75 Å². The van der Waals surface area contributed by atoms with Crippen LogP contribution in [0.2, 0.25) is 0 Å². The Balaban J connectivity index is 1.76. The summed E-state index contributed by atoms with van der Waals surface area (Å²) in [6.07, 6.45) is 5.52. The lowest BCUT2D eigenvalue weighted by Crippen LogP contribution is -2.47. The Hall–Kier alpha value is -1.02. The fourth-order valence-corrected chi connectivity index (χ4v) is 6.10. The molecule has 114 valence electrons. The molecule has 1 aromatic rings. The Morgan fingerprint density at radius 1 is 1.19 bits per heavy atom. The minimum Gasteiger partial charge on any atom is -0.508 e. The van der Waals surface area contributed by atoms with Gasteiger partial charge in [0, 0.05) is 0 Å². The van der Waals surface area contributed by atoms with Gasteiger partial charge in [-0.2, -0.15) is 0 Å². The zero-order valence-electron chi connectivity index (χ0n) is 13.0. The number of aliphatic hydroxyl groups is 1. The van der Waals surface area contributed by atoms with Crippen molar-refractivity contribution in [2.24, 2.45) is 23.2 Å². The van der Waals surface area contributed by atoms with Crippen LogP contribution in [-0.4, -0.2) is 16.3 Å². The number of phenolic OH excluding ortho intramolecular Hbond substituents is 1. The van der Waals surface area contributed by atoms with E-state index in [9.17, 15) is 10.2 Å². The van der Waals surface area contributed by atoms with Gasteiger partial charge in [0.1, 0.15) is 5.75 Å². The van der Waals surface area contributed by atoms with Gasteiger partial charge < -0.3 is 10.2 Å². The monoisotopic (exact) mass is 286 g/mol. The van der Waals surface area contributed by atoms with Crippen molar-refractivity contribution in [3.63, 3.8) is 0 Å². The summed E-state index contributed by atoms with van der Waals surface area (Å²) in [5.41, 5.74) is 2.96. The molecule has 0 spiro atoms. The molecule has 2 N–H and O–H groups in total. The average molecular weight is 286 g/mol. The number of hydrogen-bond donors (Lipinski definition) is 2. The van der Waals surface area contributed by atoms with E-state index in [1.54, 1.807) is 0 Å². The molecule has 2 heteroatoms. The molecule has 0 saturated heterocycles. The van der Waals surface area contributed by atoms with Crippen LogP contribution in [0.3, 0.4) is 0 Å². The fraction of sp³-hybridized carbons (Fsp3) is 0.684. The first-order chi connectivity index (χ1) is 10.0. The van der Waals surface area contributed by atoms with Crippen molar-refractivity contribution in [2.75, 3.05) is 0 Å². The summed E-state index contributed by atoms with van der Waals surface area (Å²) in [7, 11) is 0. The SMILES string of the molecule is C[C@H]1C[C@]2(C)C(O)CCC2C2CCc3cc(O)ccc3C21. The van der Waals surface area contributed by atoms with Gasteiger partial charge >= 0.3 is 0 Å². The molecule has 2 saturated carbocycles. The van der Waals surface area contributed by atoms with Crippen molar-refractivity contribution in [3.8, 4) is 5.75 Å². The predicted octanol–water partition coefficient (Wildman–Crippen LogP) is 3.86. The van der Waals surface area contributed by atoms with Crippen LogP contribution in [0.25, 0.3) is 0 Å². The summed E-state index contributed by atoms with van der Waals surface area (Å²) >= 11 is 0. The lowest BCUT2D eigenvalue weighted by Gasteiger charge is -2.53. The molecule has 0 radical (unpaired) electrons. The molecule has 2 fully saturated rings. The van der Waals surface area contributed by atoms with Crippen LogP contribution in [0, 0.1) is 23.2 Å². The van der Waals surface area contributed by atoms with Crippen molar-refractivity contribution < 1.29 is 10.2 Å². The normalized spacial score (nSPS) is 44.8. The summed E-state index contributed by atoms with van der Waals surface area (Å²) in [6, 6.07) is 5.98. The third-order valence-corrected chi connectivity index (χ3v) is 6.95. The molecule has 4 unspecified atom stereocenters. The molecule has 4 rings (SSSR count). The molecule has 0 amide bonds. The third-order valence-electron chi connectivity index (χ3n) is 6.95. The van der Waals surface area contributed by atoms with Gasteiger partial charge in [-0.3, -0.25) is 0 Å². The Morgan fingerprint density at radius 2 is 2.00 bits per heavy atom. The Bertz CT molecular complexity index is 567. The van der Waals surface area contributed by atoms with Gasteiger partial charge in [0.05, 0.1) is 6.10 Å². The first kappa shape index (κ1) is 13.6. The van der Waals surface area contributed by atoms with Crippen LogP contribution in [-0.2, 0) is 6.42 Å². The quantitative estimate of drug-likeness (QED) is 0.760. The third kappa shape index (κ3) is 1.81. The number of rotatable bonds is 0. The zero-order valence-corrected chi connectivity index (χ0v) is 13.0. The lowest BCUT2D eigenvalue weighted by molar-refractivity contribution is -0.0441. The highest BCUT2D eigenvalue weighted by Gasteiger charge is 2.56. The molecule has 2 nitrogen and oxygen atoms in total. The molecule has 0 aromatic heterocycles. The molecule has 0 heterocycles. The highest BCUT2D eigenvalue weighted by molar-refractivity contribution is 5.40. The molecule has 6 atom stereocenters. The van der Waals surface area contributed by atoms with Crippen molar-refractivity contribution in [3.05, 3.63) is 29.3 Å². The maximum Gasteiger partial charge on any atom is 0.115 e. The van der Waals surface area contributed by atoms with Crippen molar-refractivity contribution in [2.45, 2.75) is 58.0 Å². The number of benzene rings is 1. The van der Waals surface area contributed by atoms with E-state index in [1.807, 2.05) is 12.1 Å². The number of fused-ring (bicyclic) bond motifs is 5. The topological polar surface area (TPSA) is 40.5 Å². The first-order valence-electron chi connectivity index (χ1n) is 8.50. The maximum atomic E-state index is 10.5. The van der Waals surface area contributed by atoms with Crippen LogP contribution in [0.15, 0.2) is 18.2 Å². The summed E-state index contributed by atoms with van der Waals surface area (Å²) in [6.45, 7) is 4.69. The number of aromatic hydroxyl groups is 1. The van der Waals surface area contributed by atoms with Crippen LogP contribution in [0.1, 0.15) is 56.6 Å². The molecule has 21 heavy (non-hydrogen) atoms. The predicted molar refractivity (Wildman–Crippen MR) is 83.3 cm³/mol. The van der Waals surface area contributed by atoms with Gasteiger partial charge in [-0.05, 0) is 84.5 Å². The maximum absolute atomic E-state index is 10.5. The molecule has 0 aliphatic heterocycles. The first-order valence-corrected chi connectivity index (χ1v) is 8.50. The minimum absolute atomic E-state index is 0.105. The number of aryl methyl sites for hydroxylation is 1. The van der Waals surface area contributed by atoms with Gasteiger partial charge in [0.15, 0.2) is 0 Å². The second kappa shape index (κ2) is 4.49. The molecule has 3 aliphatic carbocycles. The van der Waals surface area contributed by atoms with Crippen LogP contribution in [0.4, 0.5) is 0 Å². The van der Waals surface area contributed by atoms with Crippen LogP contribution < -0.4 is 0 Å². The number of aliphatic hydroxyl groups excluding tert-OH is 1. The highest BCUT2D eigenvalue weighted by Crippen LogP contribution is 2.62. The van der Waals surface area contributed by atoms with Crippen LogP contribution >= 0.6 is 0 Å². The summed E-state index contributed by atoms with van der Waals surface area (Å²) in [5, 5.41) is 20.2. The largest absolute Gasteiger partial charge is 0.508 e. The lowest BCUT2D eigenvalue weighted by atomic mass is 9.52. The zero-order chi connectivity index (χ0) is 14.8. The van der Waals surface area contributed by atoms with E-state index in [0.29, 0.717) is 29.4 Å². The molecular weight excluding hydrogens is 260 g/mol. The highest BCUT2D eigenvalue weighted by atomic mass is 16.3. The summed E-state index contributed by atoms with van der Waals surface area (Å²) < 4.78 is 0. The number of phenols is 1. The van der Waals surface area contributed by atoms with E-state index in [2.05, 4.69) is 19.9 Å². The van der Waals surface area contributed by atoms with E-state index in [4.69, 9.17) is 0 Å². The minimum atomic E-state index is -0.105. The van der Waals surface area contributed by atoms with Crippen molar-refractivity contribution in [1.82, 2.24) is 0 Å². The fourth-order valence-electron chi connectivity index (χ4n) is 6.10. The van der Waals surface area contributed by atoms with Gasteiger partial charge in [-0.25, -0.2) is 0 Å². The van der Waals surface area contributed by atoms with E-state index < -0.39 is 0 Å². The van der Waals surface area contributed by atoms with Gasteiger partial charge in [-0.1, -0.05) is 19.9 Å². The molecule has 0 bridgehead atoms.